The van der Waals surface area contributed by atoms with Gasteiger partial charge in [0.2, 0.25) is 0 Å². The number of rotatable bonds is 11. The molecule has 17 heteroatoms. The predicted octanol–water partition coefficient (Wildman–Crippen LogP) is 6.67. The van der Waals surface area contributed by atoms with Crippen LogP contribution in [-0.4, -0.2) is 152 Å². The SMILES string of the molecule is C.C.C.C.C.CC[C@H]1OC(=O)[C@H](C)C(=O)[C@@H](C)[C@@H](O[C@@H]2OC(C)CC(N(C)C)C2O)[C@](C)(OC)C[C@@H](C)CN[C@H](C)[C@H]2N(CCCCn3cc(-c4cccnn4)nn3)C(=O)O[C@]12C. The first-order chi connectivity index (χ1) is 27.4. The minimum absolute atomic E-state index is 0. The molecule has 0 spiro atoms. The van der Waals surface area contributed by atoms with Crippen molar-refractivity contribution < 1.29 is 43.2 Å². The van der Waals surface area contributed by atoms with Crippen LogP contribution in [0.25, 0.3) is 11.4 Å². The molecule has 2 aromatic heterocycles. The Balaban J connectivity index is 0.00000769. The zero-order valence-corrected chi connectivity index (χ0v) is 36.2. The number of ketones is 1. The van der Waals surface area contributed by atoms with Crippen molar-refractivity contribution in [2.75, 3.05) is 34.3 Å². The predicted molar refractivity (Wildman–Crippen MR) is 247 cm³/mol. The smallest absolute Gasteiger partial charge is 0.410 e. The summed E-state index contributed by atoms with van der Waals surface area (Å²) in [6, 6.07) is 2.57. The van der Waals surface area contributed by atoms with Gasteiger partial charge in [0.05, 0.1) is 30.0 Å². The Bertz CT molecular complexity index is 1690. The van der Waals surface area contributed by atoms with Crippen LogP contribution in [0.3, 0.4) is 0 Å². The number of fused-ring (bicyclic) bond motifs is 1. The van der Waals surface area contributed by atoms with Crippen LogP contribution in [0, 0.1) is 17.8 Å². The lowest BCUT2D eigenvalue weighted by Crippen LogP contribution is -2.61. The lowest BCUT2D eigenvalue weighted by Gasteiger charge is -2.46. The number of aryl methyl sites for hydroxylation is 1. The Morgan fingerprint density at radius 1 is 0.984 bits per heavy atom. The Labute approximate surface area is 379 Å². The number of hydrogen-bond donors (Lipinski definition) is 2. The van der Waals surface area contributed by atoms with Crippen molar-refractivity contribution in [1.82, 2.24) is 40.3 Å². The quantitative estimate of drug-likeness (QED) is 0.138. The highest BCUT2D eigenvalue weighted by Gasteiger charge is 2.58. The second-order valence-corrected chi connectivity index (χ2v) is 17.3. The first-order valence-electron chi connectivity index (χ1n) is 20.8. The molecule has 364 valence electrons. The largest absolute Gasteiger partial charge is 0.458 e. The van der Waals surface area contributed by atoms with Gasteiger partial charge in [0.1, 0.15) is 29.5 Å². The van der Waals surface area contributed by atoms with Crippen LogP contribution >= 0.6 is 0 Å². The number of amides is 1. The number of nitrogens with one attached hydrogen (secondary N) is 1. The topological polar surface area (TPSA) is 193 Å². The van der Waals surface area contributed by atoms with Crippen LogP contribution in [0.4, 0.5) is 4.79 Å². The number of carbonyl (C=O) groups is 3. The highest BCUT2D eigenvalue weighted by molar-refractivity contribution is 6.00. The molecule has 1 amide bonds. The van der Waals surface area contributed by atoms with Gasteiger partial charge in [-0.25, -0.2) is 4.79 Å². The second kappa shape index (κ2) is 25.2. The molecule has 63 heavy (non-hydrogen) atoms. The molecule has 0 aliphatic carbocycles. The molecule has 2 N–H and O–H groups in total. The summed E-state index contributed by atoms with van der Waals surface area (Å²) < 4.78 is 33.2. The minimum atomic E-state index is -1.23. The zero-order chi connectivity index (χ0) is 42.5. The van der Waals surface area contributed by atoms with Crippen LogP contribution in [0.1, 0.15) is 125 Å². The lowest BCUT2D eigenvalue weighted by atomic mass is 9.78. The molecule has 13 atom stereocenters. The van der Waals surface area contributed by atoms with E-state index < -0.39 is 71.5 Å². The molecule has 3 saturated heterocycles. The highest BCUT2D eigenvalue weighted by Crippen LogP contribution is 2.40. The second-order valence-electron chi connectivity index (χ2n) is 17.3. The molecule has 0 bridgehead atoms. The third-order valence-electron chi connectivity index (χ3n) is 12.5. The van der Waals surface area contributed by atoms with Gasteiger partial charge in [0, 0.05) is 44.4 Å². The molecule has 3 aliphatic heterocycles. The maximum absolute atomic E-state index is 14.4. The normalized spacial score (nSPS) is 34.0. The van der Waals surface area contributed by atoms with Crippen molar-refractivity contribution in [1.29, 1.82) is 0 Å². The molecule has 0 radical (unpaired) electrons. The maximum Gasteiger partial charge on any atom is 0.410 e. The number of likely N-dealkylation sites (N-methyl/N-ethyl adjacent to an activating group) is 1. The standard InChI is InChI=1S/C41H66N8O9.5CH4/c1-12-32-41(8)35(49(39(53)58-41)19-14-13-18-48-23-30(45-46-48)29-16-15-17-43-44-29)28(6)42-22-24(2)21-40(7,54-11)36(26(4)33(50)27(5)37(52)56-32)57-38-34(51)31(47(9)10)20-25(3)55-38;;;;;/h15-17,23-28,31-32,34-36,38,42,51H,12-14,18-22H2,1-11H3;5*1H4/t24-,25?,26-,27-,28-,31?,32-,34?,35-,36-,38+,40-,41-;;;;;/m1...../s1. The monoisotopic (exact) mass is 895 g/mol. The Morgan fingerprint density at radius 3 is 2.25 bits per heavy atom. The number of aliphatic hydroxyl groups is 1. The van der Waals surface area contributed by atoms with E-state index in [1.807, 2.05) is 65.9 Å². The van der Waals surface area contributed by atoms with E-state index in [-0.39, 0.29) is 61.2 Å². The van der Waals surface area contributed by atoms with Crippen LogP contribution in [-0.2, 0) is 39.8 Å². The maximum atomic E-state index is 14.4. The molecule has 0 saturated carbocycles. The van der Waals surface area contributed by atoms with Crippen molar-refractivity contribution in [3.05, 3.63) is 24.5 Å². The fourth-order valence-corrected chi connectivity index (χ4v) is 9.18. The van der Waals surface area contributed by atoms with E-state index in [0.29, 0.717) is 63.1 Å². The first-order valence-corrected chi connectivity index (χ1v) is 20.8. The van der Waals surface area contributed by atoms with Crippen LogP contribution in [0.15, 0.2) is 24.5 Å². The van der Waals surface area contributed by atoms with E-state index in [0.717, 1.165) is 0 Å². The third-order valence-corrected chi connectivity index (χ3v) is 12.5. The van der Waals surface area contributed by atoms with E-state index in [1.54, 1.807) is 35.9 Å². The van der Waals surface area contributed by atoms with Gasteiger partial charge in [-0.2, -0.15) is 5.10 Å². The van der Waals surface area contributed by atoms with Gasteiger partial charge < -0.3 is 39.0 Å². The molecule has 3 aliphatic rings. The summed E-state index contributed by atoms with van der Waals surface area (Å²) in [5.74, 6) is -3.17. The van der Waals surface area contributed by atoms with Gasteiger partial charge in [-0.15, -0.1) is 10.2 Å². The van der Waals surface area contributed by atoms with Gasteiger partial charge in [-0.3, -0.25) is 19.2 Å². The number of methoxy groups -OCH3 is 1. The van der Waals surface area contributed by atoms with Crippen molar-refractivity contribution in [2.24, 2.45) is 17.8 Å². The number of Topliss-reactive ketones (excluding diaryl/α,β-unsaturated/α-hetero) is 1. The molecule has 3 fully saturated rings. The Hall–Kier alpha value is -3.61. The van der Waals surface area contributed by atoms with Crippen molar-refractivity contribution in [2.45, 2.75) is 191 Å². The summed E-state index contributed by atoms with van der Waals surface area (Å²) in [6.07, 6.45) is 1.71. The summed E-state index contributed by atoms with van der Waals surface area (Å²) in [5.41, 5.74) is -1.02. The van der Waals surface area contributed by atoms with E-state index >= 15 is 0 Å². The van der Waals surface area contributed by atoms with E-state index in [1.165, 1.54) is 6.92 Å². The summed E-state index contributed by atoms with van der Waals surface area (Å²) in [7, 11) is 5.39. The van der Waals surface area contributed by atoms with Crippen molar-refractivity contribution in [3.63, 3.8) is 0 Å². The van der Waals surface area contributed by atoms with Crippen molar-refractivity contribution >= 4 is 17.8 Å². The number of hydrogen-bond acceptors (Lipinski definition) is 15. The average Bonchev–Trinajstić information content (AvgIpc) is 3.77. The number of unbranched alkanes of at least 4 members (excludes halogenated alkanes) is 1. The van der Waals surface area contributed by atoms with Crippen LogP contribution < -0.4 is 5.32 Å². The average molecular weight is 895 g/mol. The number of cyclic esters (lactones) is 1. The number of ether oxygens (including phenoxy) is 5. The van der Waals surface area contributed by atoms with Gasteiger partial charge in [0.15, 0.2) is 17.7 Å². The summed E-state index contributed by atoms with van der Waals surface area (Å²) >= 11 is 0. The molecule has 5 heterocycles. The van der Waals surface area contributed by atoms with E-state index in [9.17, 15) is 19.5 Å². The molecule has 17 nitrogen and oxygen atoms in total. The number of nitrogens with zero attached hydrogens (tertiary/aromatic N) is 7. The molecule has 3 unspecified atom stereocenters. The Morgan fingerprint density at radius 2 is 1.65 bits per heavy atom. The summed E-state index contributed by atoms with van der Waals surface area (Å²) in [6.45, 7) is 16.4. The number of esters is 1. The number of aromatic nitrogens is 5. The zero-order valence-electron chi connectivity index (χ0n) is 36.2. The minimum Gasteiger partial charge on any atom is -0.458 e. The van der Waals surface area contributed by atoms with Gasteiger partial charge >= 0.3 is 12.1 Å². The number of carbonyl (C=O) groups excluding carboxylic acids is 3. The fraction of sp³-hybridized carbons (Fsp3) is 0.804. The fourth-order valence-electron chi connectivity index (χ4n) is 9.18. The lowest BCUT2D eigenvalue weighted by molar-refractivity contribution is -0.295. The first kappa shape index (κ1) is 59.4. The molecular weight excluding hydrogens is 809 g/mol. The molecule has 0 aromatic carbocycles. The van der Waals surface area contributed by atoms with E-state index in [4.69, 9.17) is 23.7 Å². The van der Waals surface area contributed by atoms with Gasteiger partial charge in [-0.1, -0.05) is 63.1 Å². The van der Waals surface area contributed by atoms with Gasteiger partial charge in [0.25, 0.3) is 0 Å². The van der Waals surface area contributed by atoms with E-state index in [2.05, 4.69) is 32.7 Å². The third kappa shape index (κ3) is 13.2. The Kier molecular flexibility index (Phi) is 23.7. The van der Waals surface area contributed by atoms with Crippen LogP contribution in [0.5, 0.6) is 0 Å². The van der Waals surface area contributed by atoms with Crippen LogP contribution in [0.2, 0.25) is 0 Å². The highest BCUT2D eigenvalue weighted by atomic mass is 16.7. The van der Waals surface area contributed by atoms with Crippen molar-refractivity contribution in [3.8, 4) is 11.4 Å². The molecule has 2 aromatic rings. The van der Waals surface area contributed by atoms with Gasteiger partial charge in [-0.05, 0) is 105 Å². The summed E-state index contributed by atoms with van der Waals surface area (Å²) in [5, 5.41) is 31.6. The number of aliphatic hydroxyl groups excluding tert-OH is 1. The molecular formula is C46H86N8O9. The summed E-state index contributed by atoms with van der Waals surface area (Å²) in [4.78, 5) is 45.8. The molecule has 5 rings (SSSR count).